The van der Waals surface area contributed by atoms with Crippen molar-refractivity contribution in [1.29, 1.82) is 0 Å². The lowest BCUT2D eigenvalue weighted by Gasteiger charge is -2.34. The predicted molar refractivity (Wildman–Crippen MR) is 143 cm³/mol. The molecule has 0 N–H and O–H groups in total. The van der Waals surface area contributed by atoms with Crippen molar-refractivity contribution in [1.82, 2.24) is 9.80 Å². The SMILES string of the molecule is C=C(c1ccc(/C=C/C(F)=C(\C=C/C)OCC2CCN(CC(C)(C)F)CC2)c(F)c1)N1CCC(C)C1. The van der Waals surface area contributed by atoms with Crippen LogP contribution in [-0.2, 0) is 4.74 Å². The molecule has 2 heterocycles. The molecular formula is C30H41F3N2O. The van der Waals surface area contributed by atoms with Gasteiger partial charge in [0.25, 0.3) is 0 Å². The first-order valence-electron chi connectivity index (χ1n) is 13.0. The Kier molecular flexibility index (Phi) is 9.89. The first-order valence-corrected chi connectivity index (χ1v) is 13.0. The van der Waals surface area contributed by atoms with Crippen LogP contribution in [0.5, 0.6) is 0 Å². The van der Waals surface area contributed by atoms with E-state index in [0.29, 0.717) is 24.6 Å². The Morgan fingerprint density at radius 3 is 2.47 bits per heavy atom. The van der Waals surface area contributed by atoms with Crippen LogP contribution in [0.25, 0.3) is 11.8 Å². The van der Waals surface area contributed by atoms with Gasteiger partial charge in [-0.15, -0.1) is 0 Å². The number of hydrogen-bond acceptors (Lipinski definition) is 3. The molecule has 0 radical (unpaired) electrons. The molecule has 0 spiro atoms. The van der Waals surface area contributed by atoms with Gasteiger partial charge in [-0.1, -0.05) is 31.7 Å². The van der Waals surface area contributed by atoms with Gasteiger partial charge in [0.2, 0.25) is 0 Å². The van der Waals surface area contributed by atoms with Gasteiger partial charge in [-0.05, 0) is 89.3 Å². The summed E-state index contributed by atoms with van der Waals surface area (Å²) in [6.45, 7) is 15.6. The summed E-state index contributed by atoms with van der Waals surface area (Å²) in [6, 6.07) is 4.95. The molecule has 1 unspecified atom stereocenters. The molecule has 0 bridgehead atoms. The average Bonchev–Trinajstić information content (AvgIpc) is 3.26. The molecule has 36 heavy (non-hydrogen) atoms. The molecule has 3 nitrogen and oxygen atoms in total. The number of alkyl halides is 1. The van der Waals surface area contributed by atoms with E-state index in [1.807, 2.05) is 6.07 Å². The second kappa shape index (κ2) is 12.7. The average molecular weight is 503 g/mol. The topological polar surface area (TPSA) is 15.7 Å². The highest BCUT2D eigenvalue weighted by molar-refractivity contribution is 5.65. The van der Waals surface area contributed by atoms with Crippen molar-refractivity contribution in [3.05, 3.63) is 71.5 Å². The van der Waals surface area contributed by atoms with Crippen LogP contribution in [0.1, 0.15) is 58.1 Å². The monoisotopic (exact) mass is 502 g/mol. The van der Waals surface area contributed by atoms with Crippen molar-refractivity contribution >= 4 is 11.8 Å². The largest absolute Gasteiger partial charge is 0.490 e. The van der Waals surface area contributed by atoms with Gasteiger partial charge in [0, 0.05) is 36.5 Å². The number of ether oxygens (including phenoxy) is 1. The second-order valence-electron chi connectivity index (χ2n) is 10.8. The summed E-state index contributed by atoms with van der Waals surface area (Å²) < 4.78 is 49.4. The van der Waals surface area contributed by atoms with E-state index in [1.54, 1.807) is 39.0 Å². The first-order chi connectivity index (χ1) is 17.1. The van der Waals surface area contributed by atoms with Crippen molar-refractivity contribution in [3.8, 4) is 0 Å². The zero-order valence-electron chi connectivity index (χ0n) is 22.2. The Balaban J connectivity index is 1.59. The molecule has 2 fully saturated rings. The van der Waals surface area contributed by atoms with E-state index < -0.39 is 17.3 Å². The van der Waals surface area contributed by atoms with Gasteiger partial charge < -0.3 is 14.5 Å². The van der Waals surface area contributed by atoms with E-state index in [2.05, 4.69) is 23.3 Å². The molecule has 1 atom stereocenters. The van der Waals surface area contributed by atoms with E-state index in [0.717, 1.165) is 56.7 Å². The summed E-state index contributed by atoms with van der Waals surface area (Å²) >= 11 is 0. The van der Waals surface area contributed by atoms with Crippen LogP contribution in [0, 0.1) is 17.7 Å². The van der Waals surface area contributed by atoms with Gasteiger partial charge in [0.1, 0.15) is 11.5 Å². The number of allylic oxidation sites excluding steroid dienone is 4. The zero-order chi connectivity index (χ0) is 26.3. The summed E-state index contributed by atoms with van der Waals surface area (Å²) in [5, 5.41) is 0. The molecule has 2 saturated heterocycles. The van der Waals surface area contributed by atoms with Gasteiger partial charge in [0.15, 0.2) is 11.6 Å². The van der Waals surface area contributed by atoms with Crippen molar-refractivity contribution in [3.63, 3.8) is 0 Å². The molecule has 0 aromatic heterocycles. The molecule has 2 aliphatic rings. The summed E-state index contributed by atoms with van der Waals surface area (Å²) in [4.78, 5) is 4.31. The molecule has 6 heteroatoms. The highest BCUT2D eigenvalue weighted by Crippen LogP contribution is 2.27. The van der Waals surface area contributed by atoms with Crippen molar-refractivity contribution in [2.75, 3.05) is 39.3 Å². The smallest absolute Gasteiger partial charge is 0.165 e. The van der Waals surface area contributed by atoms with Gasteiger partial charge in [-0.2, -0.15) is 0 Å². The minimum absolute atomic E-state index is 0.134. The van der Waals surface area contributed by atoms with E-state index in [-0.39, 0.29) is 11.7 Å². The molecule has 0 amide bonds. The number of halogens is 3. The van der Waals surface area contributed by atoms with Crippen LogP contribution < -0.4 is 0 Å². The van der Waals surface area contributed by atoms with E-state index in [9.17, 15) is 13.2 Å². The number of rotatable bonds is 10. The Labute approximate surface area is 215 Å². The highest BCUT2D eigenvalue weighted by Gasteiger charge is 2.26. The summed E-state index contributed by atoms with van der Waals surface area (Å²) in [6.07, 6.45) is 8.86. The predicted octanol–water partition coefficient (Wildman–Crippen LogP) is 7.39. The van der Waals surface area contributed by atoms with Gasteiger partial charge in [0.05, 0.1) is 6.61 Å². The molecule has 198 valence electrons. The molecular weight excluding hydrogens is 461 g/mol. The van der Waals surface area contributed by atoms with Crippen LogP contribution in [0.4, 0.5) is 13.2 Å². The third-order valence-corrected chi connectivity index (χ3v) is 6.88. The van der Waals surface area contributed by atoms with E-state index in [1.165, 1.54) is 18.2 Å². The summed E-state index contributed by atoms with van der Waals surface area (Å²) in [5.74, 6) is 0.0661. The van der Waals surface area contributed by atoms with E-state index in [4.69, 9.17) is 4.74 Å². The van der Waals surface area contributed by atoms with Crippen LogP contribution in [0.2, 0.25) is 0 Å². The Morgan fingerprint density at radius 1 is 1.17 bits per heavy atom. The fraction of sp³-hybridized carbons (Fsp3) is 0.533. The lowest BCUT2D eigenvalue weighted by atomic mass is 9.97. The number of benzene rings is 1. The fourth-order valence-electron chi connectivity index (χ4n) is 4.85. The highest BCUT2D eigenvalue weighted by atomic mass is 19.1. The third kappa shape index (κ3) is 8.29. The third-order valence-electron chi connectivity index (χ3n) is 6.88. The maximum atomic E-state index is 14.9. The normalized spacial score (nSPS) is 21.0. The minimum atomic E-state index is -1.21. The van der Waals surface area contributed by atoms with Crippen molar-refractivity contribution in [2.24, 2.45) is 11.8 Å². The lowest BCUT2D eigenvalue weighted by Crippen LogP contribution is -2.41. The number of likely N-dealkylation sites (tertiary alicyclic amines) is 2. The number of hydrogen-bond donors (Lipinski definition) is 0. The zero-order valence-corrected chi connectivity index (χ0v) is 22.2. The Hall–Kier alpha value is -2.47. The maximum absolute atomic E-state index is 14.9. The molecule has 2 aliphatic heterocycles. The number of nitrogens with zero attached hydrogens (tertiary/aromatic N) is 2. The summed E-state index contributed by atoms with van der Waals surface area (Å²) in [7, 11) is 0. The van der Waals surface area contributed by atoms with E-state index >= 15 is 0 Å². The fourth-order valence-corrected chi connectivity index (χ4v) is 4.85. The molecule has 0 saturated carbocycles. The second-order valence-corrected chi connectivity index (χ2v) is 10.8. The van der Waals surface area contributed by atoms with Crippen molar-refractivity contribution in [2.45, 2.75) is 52.6 Å². The molecule has 1 aromatic rings. The molecule has 0 aliphatic carbocycles. The van der Waals surface area contributed by atoms with Crippen LogP contribution >= 0.6 is 0 Å². The Morgan fingerprint density at radius 2 is 1.89 bits per heavy atom. The minimum Gasteiger partial charge on any atom is -0.490 e. The quantitative estimate of drug-likeness (QED) is 0.245. The van der Waals surface area contributed by atoms with Crippen LogP contribution in [0.3, 0.4) is 0 Å². The van der Waals surface area contributed by atoms with Crippen LogP contribution in [0.15, 0.2) is 54.6 Å². The summed E-state index contributed by atoms with van der Waals surface area (Å²) in [5.41, 5.74) is 0.664. The van der Waals surface area contributed by atoms with Gasteiger partial charge in [-0.3, -0.25) is 0 Å². The standard InChI is InChI=1S/C30H41F3N2O/c1-6-7-29(36-20-24-13-15-34(16-14-24)21-30(4,5)33)27(31)11-10-25-8-9-26(18-28(25)32)23(3)35-17-12-22(2)19-35/h6-11,18,22,24H,3,12-17,19-21H2,1-2,4-5H3/b7-6-,11-10+,29-27-. The number of piperidine rings is 1. The van der Waals surface area contributed by atoms with Gasteiger partial charge >= 0.3 is 0 Å². The maximum Gasteiger partial charge on any atom is 0.165 e. The molecule has 3 rings (SSSR count). The van der Waals surface area contributed by atoms with Crippen molar-refractivity contribution < 1.29 is 17.9 Å². The van der Waals surface area contributed by atoms with Crippen LogP contribution in [-0.4, -0.2) is 54.8 Å². The Bertz CT molecular complexity index is 984. The lowest BCUT2D eigenvalue weighted by molar-refractivity contribution is 0.0720. The molecule has 1 aromatic carbocycles. The first kappa shape index (κ1) is 28.1. The van der Waals surface area contributed by atoms with Gasteiger partial charge in [-0.25, -0.2) is 13.2 Å².